The molecule has 0 aromatic heterocycles. The molecule has 2 atom stereocenters. The molecular weight excluding hydrogens is 353 g/mol. The van der Waals surface area contributed by atoms with E-state index in [1.165, 1.54) is 4.90 Å². The molecule has 0 fully saturated rings. The highest BCUT2D eigenvalue weighted by molar-refractivity contribution is 8.15. The first-order valence-corrected chi connectivity index (χ1v) is 9.35. The van der Waals surface area contributed by atoms with Gasteiger partial charge >= 0.3 is 6.18 Å². The van der Waals surface area contributed by atoms with Gasteiger partial charge in [-0.05, 0) is 36.4 Å². The lowest BCUT2D eigenvalue weighted by Gasteiger charge is -2.39. The molecule has 5 nitrogen and oxygen atoms in total. The van der Waals surface area contributed by atoms with Gasteiger partial charge in [0.15, 0.2) is 15.0 Å². The quantitative estimate of drug-likeness (QED) is 0.826. The highest BCUT2D eigenvalue weighted by atomic mass is 32.2. The molecule has 0 amide bonds. The van der Waals surface area contributed by atoms with Crippen LogP contribution in [0.1, 0.15) is 12.0 Å². The largest absolute Gasteiger partial charge is 0.438 e. The maximum atomic E-state index is 13.2. The molecule has 0 bridgehead atoms. The van der Waals surface area contributed by atoms with Gasteiger partial charge in [-0.15, -0.1) is 0 Å². The number of aliphatic imine (C=N–C) groups is 1. The van der Waals surface area contributed by atoms with Crippen molar-refractivity contribution in [1.29, 1.82) is 0 Å². The van der Waals surface area contributed by atoms with Gasteiger partial charge in [-0.1, -0.05) is 6.07 Å². The molecule has 23 heavy (non-hydrogen) atoms. The van der Waals surface area contributed by atoms with Crippen LogP contribution in [0.4, 0.5) is 18.9 Å². The first-order valence-electron chi connectivity index (χ1n) is 6.58. The van der Waals surface area contributed by atoms with Gasteiger partial charge < -0.3 is 10.0 Å². The van der Waals surface area contributed by atoms with Gasteiger partial charge in [-0.2, -0.15) is 13.2 Å². The molecule has 0 aliphatic carbocycles. The SMILES string of the molecule is Cc1ccc2c(c1)SC1=N[C@](O)(C(F)(F)F)C[C@@H](S(C)(=O)=O)N12. The second-order valence-corrected chi connectivity index (χ2v) is 8.85. The minimum Gasteiger partial charge on any atom is -0.362 e. The molecule has 3 rings (SSSR count). The van der Waals surface area contributed by atoms with Crippen LogP contribution >= 0.6 is 11.8 Å². The van der Waals surface area contributed by atoms with E-state index in [-0.39, 0.29) is 5.17 Å². The normalized spacial score (nSPS) is 27.5. The number of thioether (sulfide) groups is 1. The van der Waals surface area contributed by atoms with Crippen LogP contribution in [0.5, 0.6) is 0 Å². The van der Waals surface area contributed by atoms with Crippen LogP contribution < -0.4 is 4.90 Å². The average Bonchev–Trinajstić information content (AvgIpc) is 2.71. The summed E-state index contributed by atoms with van der Waals surface area (Å²) in [7, 11) is -3.89. The van der Waals surface area contributed by atoms with E-state index in [2.05, 4.69) is 4.99 Å². The van der Waals surface area contributed by atoms with Crippen molar-refractivity contribution < 1.29 is 26.7 Å². The smallest absolute Gasteiger partial charge is 0.362 e. The zero-order valence-electron chi connectivity index (χ0n) is 12.1. The van der Waals surface area contributed by atoms with Gasteiger partial charge in [0.2, 0.25) is 0 Å². The lowest BCUT2D eigenvalue weighted by Crippen LogP contribution is -2.57. The Morgan fingerprint density at radius 3 is 2.65 bits per heavy atom. The number of fused-ring (bicyclic) bond motifs is 3. The Labute approximate surface area is 135 Å². The number of nitrogens with zero attached hydrogens (tertiary/aromatic N) is 2. The summed E-state index contributed by atoms with van der Waals surface area (Å²) in [5.41, 5.74) is -2.03. The molecule has 0 unspecified atom stereocenters. The maximum Gasteiger partial charge on any atom is 0.438 e. The summed E-state index contributed by atoms with van der Waals surface area (Å²) < 4.78 is 63.5. The van der Waals surface area contributed by atoms with Crippen molar-refractivity contribution in [3.05, 3.63) is 23.8 Å². The Morgan fingerprint density at radius 2 is 2.09 bits per heavy atom. The fourth-order valence-electron chi connectivity index (χ4n) is 2.57. The molecule has 0 spiro atoms. The molecule has 2 heterocycles. The number of aryl methyl sites for hydroxylation is 1. The van der Waals surface area contributed by atoms with Gasteiger partial charge in [0, 0.05) is 17.6 Å². The Hall–Kier alpha value is -1.26. The summed E-state index contributed by atoms with van der Waals surface area (Å²) in [6, 6.07) is 5.13. The molecule has 126 valence electrons. The Bertz CT molecular complexity index is 807. The Kier molecular flexibility index (Phi) is 3.51. The van der Waals surface area contributed by atoms with Crippen LogP contribution in [-0.4, -0.2) is 42.2 Å². The molecule has 0 saturated carbocycles. The summed E-state index contributed by atoms with van der Waals surface area (Å²) in [4.78, 5) is 5.30. The van der Waals surface area contributed by atoms with Gasteiger partial charge in [0.1, 0.15) is 5.37 Å². The molecule has 1 N–H and O–H groups in total. The van der Waals surface area contributed by atoms with E-state index in [9.17, 15) is 26.7 Å². The summed E-state index contributed by atoms with van der Waals surface area (Å²) in [5, 5.41) is 8.22. The molecule has 0 radical (unpaired) electrons. The summed E-state index contributed by atoms with van der Waals surface area (Å²) in [5.74, 6) is 0. The second kappa shape index (κ2) is 4.87. The van der Waals surface area contributed by atoms with E-state index >= 15 is 0 Å². The predicted molar refractivity (Wildman–Crippen MR) is 81.2 cm³/mol. The summed E-state index contributed by atoms with van der Waals surface area (Å²) in [6.07, 6.45) is -5.26. The topological polar surface area (TPSA) is 70.0 Å². The number of amidine groups is 1. The number of anilines is 1. The first kappa shape index (κ1) is 16.6. The monoisotopic (exact) mass is 366 g/mol. The van der Waals surface area contributed by atoms with Crippen LogP contribution in [-0.2, 0) is 9.84 Å². The molecular formula is C13H13F3N2O3S2. The number of hydrogen-bond acceptors (Lipinski definition) is 6. The molecule has 2 aliphatic heterocycles. The molecule has 0 saturated heterocycles. The fraction of sp³-hybridized carbons (Fsp3) is 0.462. The zero-order chi connectivity index (χ0) is 17.2. The van der Waals surface area contributed by atoms with E-state index in [4.69, 9.17) is 0 Å². The number of aliphatic hydroxyl groups is 1. The summed E-state index contributed by atoms with van der Waals surface area (Å²) in [6.45, 7) is 1.82. The van der Waals surface area contributed by atoms with Crippen molar-refractivity contribution in [1.82, 2.24) is 0 Å². The lowest BCUT2D eigenvalue weighted by atomic mass is 10.1. The van der Waals surface area contributed by atoms with Crippen LogP contribution in [0, 0.1) is 6.92 Å². The highest BCUT2D eigenvalue weighted by Gasteiger charge is 2.60. The van der Waals surface area contributed by atoms with Crippen molar-refractivity contribution in [3.8, 4) is 0 Å². The molecule has 1 aromatic carbocycles. The third-order valence-corrected chi connectivity index (χ3v) is 6.14. The Morgan fingerprint density at radius 1 is 1.43 bits per heavy atom. The number of rotatable bonds is 1. The number of hydrogen-bond donors (Lipinski definition) is 1. The number of alkyl halides is 3. The number of halogens is 3. The first-order chi connectivity index (χ1) is 10.4. The van der Waals surface area contributed by atoms with Crippen LogP contribution in [0.15, 0.2) is 28.1 Å². The van der Waals surface area contributed by atoms with E-state index in [1.54, 1.807) is 18.2 Å². The van der Waals surface area contributed by atoms with Crippen molar-refractivity contribution in [3.63, 3.8) is 0 Å². The fourth-order valence-corrected chi connectivity index (χ4v) is 5.00. The third kappa shape index (κ3) is 2.62. The van der Waals surface area contributed by atoms with Crippen molar-refractivity contribution in [2.24, 2.45) is 4.99 Å². The van der Waals surface area contributed by atoms with E-state index in [1.807, 2.05) is 6.92 Å². The Balaban J connectivity index is 2.20. The molecule has 10 heteroatoms. The van der Waals surface area contributed by atoms with Crippen molar-refractivity contribution >= 4 is 32.5 Å². The minimum absolute atomic E-state index is 0.160. The van der Waals surface area contributed by atoms with Crippen molar-refractivity contribution in [2.45, 2.75) is 35.5 Å². The van der Waals surface area contributed by atoms with E-state index in [0.717, 1.165) is 23.6 Å². The van der Waals surface area contributed by atoms with E-state index < -0.39 is 33.5 Å². The number of benzene rings is 1. The lowest BCUT2D eigenvalue weighted by molar-refractivity contribution is -0.259. The predicted octanol–water partition coefficient (Wildman–Crippen LogP) is 2.29. The molecule has 1 aromatic rings. The zero-order valence-corrected chi connectivity index (χ0v) is 13.8. The number of sulfone groups is 1. The van der Waals surface area contributed by atoms with Crippen LogP contribution in [0.25, 0.3) is 0 Å². The third-order valence-electron chi connectivity index (χ3n) is 3.76. The van der Waals surface area contributed by atoms with Crippen LogP contribution in [0.2, 0.25) is 0 Å². The maximum absolute atomic E-state index is 13.2. The van der Waals surface area contributed by atoms with Gasteiger partial charge in [-0.3, -0.25) is 0 Å². The van der Waals surface area contributed by atoms with Gasteiger partial charge in [0.25, 0.3) is 5.72 Å². The van der Waals surface area contributed by atoms with Crippen LogP contribution in [0.3, 0.4) is 0 Å². The second-order valence-electron chi connectivity index (χ2n) is 5.64. The standard InChI is InChI=1S/C13H13F3N2O3S2/c1-7-3-4-8-9(5-7)22-11-17-12(19,13(14,15)16)6-10(18(8)11)23(2,20)21/h3-5,10,19H,6H2,1-2H3/t10-,12-/m1/s1. The van der Waals surface area contributed by atoms with Gasteiger partial charge in [0.05, 0.1) is 5.69 Å². The minimum atomic E-state index is -5.06. The average molecular weight is 366 g/mol. The van der Waals surface area contributed by atoms with E-state index in [0.29, 0.717) is 10.6 Å². The van der Waals surface area contributed by atoms with Gasteiger partial charge in [-0.25, -0.2) is 13.4 Å². The molecule has 2 aliphatic rings. The van der Waals surface area contributed by atoms with Crippen molar-refractivity contribution in [2.75, 3.05) is 11.2 Å². The summed E-state index contributed by atoms with van der Waals surface area (Å²) >= 11 is 0.924. The highest BCUT2D eigenvalue weighted by Crippen LogP contribution is 2.49.